The van der Waals surface area contributed by atoms with Crippen molar-refractivity contribution in [3.8, 4) is 16.8 Å². The zero-order valence-electron chi connectivity index (χ0n) is 13.6. The molecule has 0 amide bonds. The second-order valence-electron chi connectivity index (χ2n) is 6.08. The van der Waals surface area contributed by atoms with Gasteiger partial charge in [-0.15, -0.1) is 0 Å². The minimum Gasteiger partial charge on any atom is -0.372 e. The van der Waals surface area contributed by atoms with Crippen LogP contribution in [0.3, 0.4) is 0 Å². The molecule has 4 rings (SSSR count). The first-order chi connectivity index (χ1) is 11.9. The Kier molecular flexibility index (Phi) is 4.40. The van der Waals surface area contributed by atoms with Crippen LogP contribution in [0.1, 0.15) is 12.0 Å². The van der Waals surface area contributed by atoms with Gasteiger partial charge < -0.3 is 10.1 Å². The minimum atomic E-state index is 0.327. The van der Waals surface area contributed by atoms with Crippen LogP contribution in [-0.4, -0.2) is 29.0 Å². The molecule has 1 atom stereocenters. The highest BCUT2D eigenvalue weighted by molar-refractivity contribution is 5.69. The Balaban J connectivity index is 1.60. The number of hydrogen-bond acceptors (Lipinski definition) is 3. The normalized spacial score (nSPS) is 17.2. The molecule has 2 aromatic carbocycles. The standard InChI is InChI=1S/C20H21N3O/c1-2-8-20(17(5-1)15-24-19-9-11-21-14-19)16-6-3-7-18(13-16)23-12-4-10-22-23/h1-8,10,12-13,19,21H,9,11,14-15H2. The van der Waals surface area contributed by atoms with Gasteiger partial charge in [-0.3, -0.25) is 0 Å². The highest BCUT2D eigenvalue weighted by atomic mass is 16.5. The molecule has 1 N–H and O–H groups in total. The van der Waals surface area contributed by atoms with Gasteiger partial charge in [0.05, 0.1) is 18.4 Å². The molecule has 2 heterocycles. The topological polar surface area (TPSA) is 39.1 Å². The molecule has 1 fully saturated rings. The van der Waals surface area contributed by atoms with Gasteiger partial charge in [0.15, 0.2) is 0 Å². The van der Waals surface area contributed by atoms with E-state index in [-0.39, 0.29) is 0 Å². The van der Waals surface area contributed by atoms with Crippen molar-refractivity contribution in [1.29, 1.82) is 0 Å². The van der Waals surface area contributed by atoms with Crippen LogP contribution in [0.25, 0.3) is 16.8 Å². The number of hydrogen-bond donors (Lipinski definition) is 1. The third-order valence-electron chi connectivity index (χ3n) is 4.43. The molecule has 0 radical (unpaired) electrons. The van der Waals surface area contributed by atoms with Crippen LogP contribution in [0.5, 0.6) is 0 Å². The van der Waals surface area contributed by atoms with Crippen molar-refractivity contribution in [2.24, 2.45) is 0 Å². The first-order valence-corrected chi connectivity index (χ1v) is 8.41. The molecule has 1 saturated heterocycles. The Labute approximate surface area is 142 Å². The van der Waals surface area contributed by atoms with Crippen LogP contribution >= 0.6 is 0 Å². The van der Waals surface area contributed by atoms with Crippen molar-refractivity contribution in [1.82, 2.24) is 15.1 Å². The van der Waals surface area contributed by atoms with E-state index in [1.54, 1.807) is 6.20 Å². The lowest BCUT2D eigenvalue weighted by molar-refractivity contribution is 0.0545. The van der Waals surface area contributed by atoms with Gasteiger partial charge in [0.2, 0.25) is 0 Å². The molecule has 1 unspecified atom stereocenters. The van der Waals surface area contributed by atoms with Crippen LogP contribution in [0.4, 0.5) is 0 Å². The SMILES string of the molecule is c1cc(-c2ccccc2COC2CCNC2)cc(-n2cccn2)c1. The molecule has 4 nitrogen and oxygen atoms in total. The first-order valence-electron chi connectivity index (χ1n) is 8.41. The molecule has 1 aliphatic heterocycles. The fourth-order valence-electron chi connectivity index (χ4n) is 3.14. The van der Waals surface area contributed by atoms with Crippen LogP contribution in [0.2, 0.25) is 0 Å². The summed E-state index contributed by atoms with van der Waals surface area (Å²) in [5.74, 6) is 0. The Morgan fingerprint density at radius 2 is 2.08 bits per heavy atom. The average Bonchev–Trinajstić information content (AvgIpc) is 3.34. The maximum absolute atomic E-state index is 6.07. The number of nitrogens with zero attached hydrogens (tertiary/aromatic N) is 2. The summed E-state index contributed by atoms with van der Waals surface area (Å²) < 4.78 is 7.96. The fraction of sp³-hybridized carbons (Fsp3) is 0.250. The van der Waals surface area contributed by atoms with E-state index in [2.05, 4.69) is 58.9 Å². The average molecular weight is 319 g/mol. The molecule has 0 bridgehead atoms. The van der Waals surface area contributed by atoms with Crippen molar-refractivity contribution < 1.29 is 4.74 Å². The Hall–Kier alpha value is -2.43. The van der Waals surface area contributed by atoms with E-state index in [0.29, 0.717) is 12.7 Å². The summed E-state index contributed by atoms with van der Waals surface area (Å²) >= 11 is 0. The summed E-state index contributed by atoms with van der Waals surface area (Å²) in [6.45, 7) is 2.66. The third-order valence-corrected chi connectivity index (χ3v) is 4.43. The molecule has 1 aliphatic rings. The molecule has 0 spiro atoms. The van der Waals surface area contributed by atoms with Gasteiger partial charge in [0, 0.05) is 18.9 Å². The maximum atomic E-state index is 6.07. The van der Waals surface area contributed by atoms with E-state index in [4.69, 9.17) is 4.74 Å². The molecule has 3 aromatic rings. The summed E-state index contributed by atoms with van der Waals surface area (Å²) in [5.41, 5.74) is 4.69. The summed E-state index contributed by atoms with van der Waals surface area (Å²) in [4.78, 5) is 0. The Bertz CT molecular complexity index is 792. The second kappa shape index (κ2) is 6.99. The maximum Gasteiger partial charge on any atom is 0.0727 e. The van der Waals surface area contributed by atoms with E-state index < -0.39 is 0 Å². The zero-order valence-corrected chi connectivity index (χ0v) is 13.6. The van der Waals surface area contributed by atoms with E-state index in [9.17, 15) is 0 Å². The molecule has 1 aromatic heterocycles. The lowest BCUT2D eigenvalue weighted by Gasteiger charge is -2.14. The Morgan fingerprint density at radius 1 is 1.12 bits per heavy atom. The molecular formula is C20H21N3O. The summed E-state index contributed by atoms with van der Waals surface area (Å²) in [7, 11) is 0. The van der Waals surface area contributed by atoms with Gasteiger partial charge in [-0.2, -0.15) is 5.10 Å². The van der Waals surface area contributed by atoms with Gasteiger partial charge in [0.1, 0.15) is 0 Å². The number of nitrogens with one attached hydrogen (secondary N) is 1. The smallest absolute Gasteiger partial charge is 0.0727 e. The molecule has 24 heavy (non-hydrogen) atoms. The van der Waals surface area contributed by atoms with Crippen LogP contribution in [0, 0.1) is 0 Å². The van der Waals surface area contributed by atoms with E-state index in [0.717, 1.165) is 25.2 Å². The van der Waals surface area contributed by atoms with Gasteiger partial charge in [-0.25, -0.2) is 4.68 Å². The highest BCUT2D eigenvalue weighted by Crippen LogP contribution is 2.26. The van der Waals surface area contributed by atoms with Crippen LogP contribution in [-0.2, 0) is 11.3 Å². The summed E-state index contributed by atoms with van der Waals surface area (Å²) in [6.07, 6.45) is 5.18. The summed E-state index contributed by atoms with van der Waals surface area (Å²) in [6, 6.07) is 18.9. The zero-order chi connectivity index (χ0) is 16.2. The highest BCUT2D eigenvalue weighted by Gasteiger charge is 2.15. The lowest BCUT2D eigenvalue weighted by Crippen LogP contribution is -2.16. The molecule has 0 aliphatic carbocycles. The number of benzene rings is 2. The van der Waals surface area contributed by atoms with Crippen molar-refractivity contribution in [2.75, 3.05) is 13.1 Å². The second-order valence-corrected chi connectivity index (χ2v) is 6.08. The molecular weight excluding hydrogens is 298 g/mol. The predicted octanol–water partition coefficient (Wildman–Crippen LogP) is 3.42. The van der Waals surface area contributed by atoms with E-state index in [1.807, 2.05) is 16.9 Å². The van der Waals surface area contributed by atoms with Crippen molar-refractivity contribution >= 4 is 0 Å². The largest absolute Gasteiger partial charge is 0.372 e. The van der Waals surface area contributed by atoms with Gasteiger partial charge in [-0.1, -0.05) is 36.4 Å². The van der Waals surface area contributed by atoms with Crippen molar-refractivity contribution in [3.63, 3.8) is 0 Å². The molecule has 0 saturated carbocycles. The van der Waals surface area contributed by atoms with Crippen LogP contribution < -0.4 is 5.32 Å². The van der Waals surface area contributed by atoms with Crippen molar-refractivity contribution in [3.05, 3.63) is 72.6 Å². The summed E-state index contributed by atoms with van der Waals surface area (Å²) in [5, 5.41) is 7.66. The first kappa shape index (κ1) is 15.1. The number of ether oxygens (including phenoxy) is 1. The quantitative estimate of drug-likeness (QED) is 0.783. The molecule has 122 valence electrons. The van der Waals surface area contributed by atoms with Gasteiger partial charge in [-0.05, 0) is 47.9 Å². The fourth-order valence-corrected chi connectivity index (χ4v) is 3.14. The molecule has 4 heteroatoms. The monoisotopic (exact) mass is 319 g/mol. The van der Waals surface area contributed by atoms with E-state index >= 15 is 0 Å². The van der Waals surface area contributed by atoms with Gasteiger partial charge in [0.25, 0.3) is 0 Å². The van der Waals surface area contributed by atoms with Crippen molar-refractivity contribution in [2.45, 2.75) is 19.1 Å². The number of rotatable bonds is 5. The third kappa shape index (κ3) is 3.25. The van der Waals surface area contributed by atoms with Gasteiger partial charge >= 0.3 is 0 Å². The van der Waals surface area contributed by atoms with Crippen LogP contribution in [0.15, 0.2) is 67.0 Å². The number of aromatic nitrogens is 2. The lowest BCUT2D eigenvalue weighted by atomic mass is 9.99. The Morgan fingerprint density at radius 3 is 2.92 bits per heavy atom. The van der Waals surface area contributed by atoms with E-state index in [1.165, 1.54) is 16.7 Å². The predicted molar refractivity (Wildman–Crippen MR) is 95.1 cm³/mol. The minimum absolute atomic E-state index is 0.327.